The summed E-state index contributed by atoms with van der Waals surface area (Å²) in [6.45, 7) is 3.11. The summed E-state index contributed by atoms with van der Waals surface area (Å²) in [4.78, 5) is 0. The molecule has 1 heterocycles. The van der Waals surface area contributed by atoms with Gasteiger partial charge in [-0.1, -0.05) is 52.3 Å². The van der Waals surface area contributed by atoms with E-state index in [2.05, 4.69) is 31.4 Å². The van der Waals surface area contributed by atoms with E-state index >= 15 is 0 Å². The molecule has 4 aromatic rings. The molecule has 32 heavy (non-hydrogen) atoms. The van der Waals surface area contributed by atoms with Gasteiger partial charge in [0, 0.05) is 16.6 Å². The van der Waals surface area contributed by atoms with E-state index in [1.807, 2.05) is 79.7 Å². The number of aromatic nitrogens is 2. The average Bonchev–Trinajstić information content (AvgIpc) is 3.32. The first kappa shape index (κ1) is 22.0. The van der Waals surface area contributed by atoms with Crippen LogP contribution in [0.5, 0.6) is 11.5 Å². The van der Waals surface area contributed by atoms with Crippen LogP contribution < -0.4 is 14.8 Å². The Bertz CT molecular complexity index is 1150. The molecule has 7 heteroatoms. The van der Waals surface area contributed by atoms with Gasteiger partial charge in [0.25, 0.3) is 0 Å². The third-order valence-electron chi connectivity index (χ3n) is 4.95. The van der Waals surface area contributed by atoms with Gasteiger partial charge in [0.05, 0.1) is 13.7 Å². The zero-order valence-electron chi connectivity index (χ0n) is 17.9. The van der Waals surface area contributed by atoms with Gasteiger partial charge < -0.3 is 13.9 Å². The van der Waals surface area contributed by atoms with E-state index in [1.165, 1.54) is 0 Å². The van der Waals surface area contributed by atoms with Crippen LogP contribution in [0, 0.1) is 0 Å². The summed E-state index contributed by atoms with van der Waals surface area (Å²) in [6, 6.07) is 23.5. The molecule has 0 amide bonds. The van der Waals surface area contributed by atoms with Gasteiger partial charge in [-0.25, -0.2) is 0 Å². The highest BCUT2D eigenvalue weighted by atomic mass is 79.9. The highest BCUT2D eigenvalue weighted by Gasteiger charge is 2.21. The number of halogens is 1. The van der Waals surface area contributed by atoms with Crippen LogP contribution in [0.4, 0.5) is 0 Å². The molecule has 0 bridgehead atoms. The summed E-state index contributed by atoms with van der Waals surface area (Å²) >= 11 is 3.50. The number of hydrogen-bond acceptors (Lipinski definition) is 6. The van der Waals surface area contributed by atoms with Crippen LogP contribution in [0.25, 0.3) is 11.5 Å². The Kier molecular flexibility index (Phi) is 7.19. The highest BCUT2D eigenvalue weighted by Crippen LogP contribution is 2.30. The largest absolute Gasteiger partial charge is 0.493 e. The molecule has 1 unspecified atom stereocenters. The van der Waals surface area contributed by atoms with Gasteiger partial charge in [0.1, 0.15) is 6.04 Å². The normalized spacial score (nSPS) is 11.8. The number of methoxy groups -OCH3 is 1. The Labute approximate surface area is 195 Å². The lowest BCUT2D eigenvalue weighted by atomic mass is 10.1. The molecule has 1 atom stereocenters. The van der Waals surface area contributed by atoms with E-state index < -0.39 is 0 Å². The molecule has 1 N–H and O–H groups in total. The van der Waals surface area contributed by atoms with Gasteiger partial charge in [0.2, 0.25) is 11.8 Å². The van der Waals surface area contributed by atoms with Crippen molar-refractivity contribution in [3.63, 3.8) is 0 Å². The van der Waals surface area contributed by atoms with Crippen LogP contribution >= 0.6 is 15.9 Å². The maximum Gasteiger partial charge on any atom is 0.247 e. The van der Waals surface area contributed by atoms with Crippen LogP contribution in [0.15, 0.2) is 81.7 Å². The smallest absolute Gasteiger partial charge is 0.247 e. The molecule has 3 aromatic carbocycles. The fraction of sp³-hybridized carbons (Fsp3) is 0.200. The van der Waals surface area contributed by atoms with E-state index in [-0.39, 0.29) is 6.04 Å². The van der Waals surface area contributed by atoms with Gasteiger partial charge >= 0.3 is 0 Å². The van der Waals surface area contributed by atoms with Crippen molar-refractivity contribution in [2.75, 3.05) is 13.7 Å². The standard InChI is InChI=1S/C25H24BrN3O3/c1-3-31-21-14-9-17(15-22(21)30-2)16-27-23(18-10-12-20(26)13-11-18)25-29-28-24(32-25)19-7-5-4-6-8-19/h4-15,23,27H,3,16H2,1-2H3. The minimum Gasteiger partial charge on any atom is -0.493 e. The Hall–Kier alpha value is -3.16. The maximum atomic E-state index is 6.06. The second kappa shape index (κ2) is 10.4. The van der Waals surface area contributed by atoms with E-state index in [1.54, 1.807) is 7.11 Å². The Morgan fingerprint density at radius 2 is 1.75 bits per heavy atom. The van der Waals surface area contributed by atoms with Crippen molar-refractivity contribution in [1.82, 2.24) is 15.5 Å². The van der Waals surface area contributed by atoms with E-state index in [9.17, 15) is 0 Å². The fourth-order valence-corrected chi connectivity index (χ4v) is 3.63. The molecule has 4 rings (SSSR count). The lowest BCUT2D eigenvalue weighted by Crippen LogP contribution is -2.22. The second-order valence-electron chi connectivity index (χ2n) is 7.10. The van der Waals surface area contributed by atoms with Crippen molar-refractivity contribution in [3.8, 4) is 23.0 Å². The van der Waals surface area contributed by atoms with E-state index in [0.717, 1.165) is 26.9 Å². The van der Waals surface area contributed by atoms with Crippen LogP contribution in [-0.4, -0.2) is 23.9 Å². The number of ether oxygens (including phenoxy) is 2. The van der Waals surface area contributed by atoms with Crippen LogP contribution in [0.1, 0.15) is 30.0 Å². The number of rotatable bonds is 9. The van der Waals surface area contributed by atoms with Gasteiger partial charge in [-0.05, 0) is 54.4 Å². The quantitative estimate of drug-likeness (QED) is 0.318. The molecule has 0 aliphatic rings. The Morgan fingerprint density at radius 3 is 2.47 bits per heavy atom. The third-order valence-corrected chi connectivity index (χ3v) is 5.48. The second-order valence-corrected chi connectivity index (χ2v) is 8.01. The van der Waals surface area contributed by atoms with Crippen molar-refractivity contribution in [2.24, 2.45) is 0 Å². The molecule has 0 aliphatic heterocycles. The fourth-order valence-electron chi connectivity index (χ4n) is 3.37. The van der Waals surface area contributed by atoms with Crippen LogP contribution in [0.3, 0.4) is 0 Å². The topological polar surface area (TPSA) is 69.4 Å². The molecule has 1 aromatic heterocycles. The number of nitrogens with zero attached hydrogens (tertiary/aromatic N) is 2. The number of hydrogen-bond donors (Lipinski definition) is 1. The molecule has 0 aliphatic carbocycles. The molecule has 6 nitrogen and oxygen atoms in total. The maximum absolute atomic E-state index is 6.06. The van der Waals surface area contributed by atoms with Gasteiger partial charge in [0.15, 0.2) is 11.5 Å². The van der Waals surface area contributed by atoms with Crippen LogP contribution in [0.2, 0.25) is 0 Å². The lowest BCUT2D eigenvalue weighted by Gasteiger charge is -2.17. The summed E-state index contributed by atoms with van der Waals surface area (Å²) in [5.74, 6) is 2.43. The Balaban J connectivity index is 1.60. The third kappa shape index (κ3) is 5.18. The molecular weight excluding hydrogens is 470 g/mol. The summed E-state index contributed by atoms with van der Waals surface area (Å²) in [5.41, 5.74) is 2.96. The van der Waals surface area contributed by atoms with Gasteiger partial charge in [-0.2, -0.15) is 0 Å². The first-order valence-corrected chi connectivity index (χ1v) is 11.1. The van der Waals surface area contributed by atoms with E-state index in [0.29, 0.717) is 30.7 Å². The number of nitrogens with one attached hydrogen (secondary N) is 1. The Morgan fingerprint density at radius 1 is 0.969 bits per heavy atom. The average molecular weight is 494 g/mol. The molecule has 0 saturated heterocycles. The molecule has 0 fully saturated rings. The summed E-state index contributed by atoms with van der Waals surface area (Å²) in [6.07, 6.45) is 0. The zero-order chi connectivity index (χ0) is 22.3. The molecule has 164 valence electrons. The zero-order valence-corrected chi connectivity index (χ0v) is 19.5. The molecule has 0 saturated carbocycles. The number of benzene rings is 3. The SMILES string of the molecule is CCOc1ccc(CNC(c2ccc(Br)cc2)c2nnc(-c3ccccc3)o2)cc1OC. The lowest BCUT2D eigenvalue weighted by molar-refractivity contribution is 0.310. The minimum atomic E-state index is -0.273. The van der Waals surface area contributed by atoms with Crippen molar-refractivity contribution < 1.29 is 13.9 Å². The molecule has 0 spiro atoms. The summed E-state index contributed by atoms with van der Waals surface area (Å²) in [5, 5.41) is 12.2. The minimum absolute atomic E-state index is 0.273. The van der Waals surface area contributed by atoms with E-state index in [4.69, 9.17) is 13.9 Å². The first-order valence-electron chi connectivity index (χ1n) is 10.3. The molecular formula is C25H24BrN3O3. The van der Waals surface area contributed by atoms with Crippen molar-refractivity contribution in [1.29, 1.82) is 0 Å². The van der Waals surface area contributed by atoms with Crippen molar-refractivity contribution >= 4 is 15.9 Å². The predicted molar refractivity (Wildman–Crippen MR) is 127 cm³/mol. The summed E-state index contributed by atoms with van der Waals surface area (Å²) in [7, 11) is 1.64. The molecule has 0 radical (unpaired) electrons. The highest BCUT2D eigenvalue weighted by molar-refractivity contribution is 9.10. The first-order chi connectivity index (χ1) is 15.7. The van der Waals surface area contributed by atoms with Crippen molar-refractivity contribution in [3.05, 3.63) is 94.3 Å². The van der Waals surface area contributed by atoms with Crippen molar-refractivity contribution in [2.45, 2.75) is 19.5 Å². The predicted octanol–water partition coefficient (Wildman–Crippen LogP) is 5.79. The summed E-state index contributed by atoms with van der Waals surface area (Å²) < 4.78 is 18.2. The van der Waals surface area contributed by atoms with Crippen LogP contribution in [-0.2, 0) is 6.54 Å². The van der Waals surface area contributed by atoms with Gasteiger partial charge in [-0.15, -0.1) is 10.2 Å². The van der Waals surface area contributed by atoms with Gasteiger partial charge in [-0.3, -0.25) is 5.32 Å². The monoisotopic (exact) mass is 493 g/mol.